The highest BCUT2D eigenvalue weighted by Crippen LogP contribution is 2.31. The Bertz CT molecular complexity index is 988. The first-order valence-corrected chi connectivity index (χ1v) is 11.9. The van der Waals surface area contributed by atoms with Crippen molar-refractivity contribution in [3.63, 3.8) is 0 Å². The topological polar surface area (TPSA) is 72.9 Å². The highest BCUT2D eigenvalue weighted by Gasteiger charge is 2.28. The lowest BCUT2D eigenvalue weighted by Crippen LogP contribution is -2.34. The fraction of sp³-hybridized carbons (Fsp3) is 0.458. The van der Waals surface area contributed by atoms with E-state index in [1.165, 1.54) is 32.1 Å². The third-order valence-electron chi connectivity index (χ3n) is 5.06. The first-order valence-electron chi connectivity index (χ1n) is 10.5. The Labute approximate surface area is 185 Å². The average Bonchev–Trinajstić information content (AvgIpc) is 3.51. The van der Waals surface area contributed by atoms with E-state index < -0.39 is 10.1 Å². The molecule has 1 fully saturated rings. The summed E-state index contributed by atoms with van der Waals surface area (Å²) in [5, 5.41) is 0. The maximum atomic E-state index is 12.8. The van der Waals surface area contributed by atoms with Crippen molar-refractivity contribution >= 4 is 16.0 Å². The Hall–Kier alpha value is -2.54. The molecular weight excluding hydrogens is 414 g/mol. The fourth-order valence-electron chi connectivity index (χ4n) is 3.22. The van der Waals surface area contributed by atoms with Gasteiger partial charge in [0.2, 0.25) is 5.91 Å². The van der Waals surface area contributed by atoms with E-state index in [9.17, 15) is 13.2 Å². The quantitative estimate of drug-likeness (QED) is 0.526. The largest absolute Gasteiger partial charge is 0.497 e. The normalized spacial score (nSPS) is 14.2. The minimum absolute atomic E-state index is 0.0563. The second kappa shape index (κ2) is 9.30. The predicted octanol–water partition coefficient (Wildman–Crippen LogP) is 4.64. The molecule has 0 N–H and O–H groups in total. The minimum Gasteiger partial charge on any atom is -0.497 e. The number of benzene rings is 2. The Morgan fingerprint density at radius 3 is 2.10 bits per heavy atom. The molecule has 0 spiro atoms. The Kier molecular flexibility index (Phi) is 6.94. The summed E-state index contributed by atoms with van der Waals surface area (Å²) in [4.78, 5) is 14.8. The highest BCUT2D eigenvalue weighted by molar-refractivity contribution is 7.87. The molecule has 0 unspecified atom stereocenters. The van der Waals surface area contributed by atoms with Crippen LogP contribution in [0.4, 0.5) is 0 Å². The van der Waals surface area contributed by atoms with Crippen LogP contribution in [0.3, 0.4) is 0 Å². The molecule has 2 aromatic carbocycles. The van der Waals surface area contributed by atoms with Crippen LogP contribution in [0.25, 0.3) is 0 Å². The van der Waals surface area contributed by atoms with Crippen LogP contribution >= 0.6 is 0 Å². The van der Waals surface area contributed by atoms with Gasteiger partial charge in [0.1, 0.15) is 16.4 Å². The second-order valence-electron chi connectivity index (χ2n) is 9.31. The van der Waals surface area contributed by atoms with Gasteiger partial charge in [-0.15, -0.1) is 0 Å². The number of nitrogens with zero attached hydrogens (tertiary/aromatic N) is 1. The Balaban J connectivity index is 1.66. The first-order chi connectivity index (χ1) is 14.6. The lowest BCUT2D eigenvalue weighted by Gasteiger charge is -2.27. The molecular formula is C24H31NO5S. The van der Waals surface area contributed by atoms with E-state index in [1.54, 1.807) is 24.3 Å². The number of carbonyl (C=O) groups is 1. The van der Waals surface area contributed by atoms with Gasteiger partial charge in [-0.3, -0.25) is 4.79 Å². The van der Waals surface area contributed by atoms with Crippen LogP contribution in [0.5, 0.6) is 11.5 Å². The molecule has 1 saturated carbocycles. The molecule has 168 valence electrons. The Morgan fingerprint density at radius 2 is 1.58 bits per heavy atom. The zero-order valence-corrected chi connectivity index (χ0v) is 19.4. The molecule has 0 saturated heterocycles. The molecule has 0 bridgehead atoms. The monoisotopic (exact) mass is 445 g/mol. The molecule has 1 amide bonds. The molecule has 1 aliphatic carbocycles. The third-order valence-corrected chi connectivity index (χ3v) is 6.32. The van der Waals surface area contributed by atoms with E-state index in [0.29, 0.717) is 24.6 Å². The van der Waals surface area contributed by atoms with Crippen molar-refractivity contribution in [2.75, 3.05) is 13.7 Å². The SMILES string of the molecule is COc1ccc(S(=O)(=O)Oc2ccc(CN(CC3CC3)C(=O)CC(C)(C)C)cc2)cc1. The van der Waals surface area contributed by atoms with Crippen LogP contribution in [0.1, 0.15) is 45.6 Å². The molecule has 7 heteroatoms. The van der Waals surface area contributed by atoms with E-state index in [1.807, 2.05) is 17.0 Å². The maximum absolute atomic E-state index is 12.8. The van der Waals surface area contributed by atoms with E-state index >= 15 is 0 Å². The van der Waals surface area contributed by atoms with Gasteiger partial charge in [0.15, 0.2) is 0 Å². The van der Waals surface area contributed by atoms with Gasteiger partial charge in [0, 0.05) is 19.5 Å². The molecule has 3 rings (SSSR count). The molecule has 0 atom stereocenters. The lowest BCUT2D eigenvalue weighted by atomic mass is 9.91. The molecule has 6 nitrogen and oxygen atoms in total. The lowest BCUT2D eigenvalue weighted by molar-refractivity contribution is -0.134. The number of carbonyl (C=O) groups excluding carboxylic acids is 1. The number of amides is 1. The second-order valence-corrected chi connectivity index (χ2v) is 10.9. The smallest absolute Gasteiger partial charge is 0.339 e. The van der Waals surface area contributed by atoms with Gasteiger partial charge in [-0.05, 0) is 66.1 Å². The highest BCUT2D eigenvalue weighted by atomic mass is 32.2. The summed E-state index contributed by atoms with van der Waals surface area (Å²) in [5.74, 6) is 1.55. The minimum atomic E-state index is -3.94. The van der Waals surface area contributed by atoms with Crippen molar-refractivity contribution in [2.24, 2.45) is 11.3 Å². The van der Waals surface area contributed by atoms with Crippen molar-refractivity contribution in [2.45, 2.75) is 51.5 Å². The summed E-state index contributed by atoms with van der Waals surface area (Å²) in [6, 6.07) is 12.9. The fourth-order valence-corrected chi connectivity index (χ4v) is 4.15. The molecule has 0 aromatic heterocycles. The van der Waals surface area contributed by atoms with Gasteiger partial charge in [-0.1, -0.05) is 32.9 Å². The summed E-state index contributed by atoms with van der Waals surface area (Å²) < 4.78 is 35.3. The zero-order chi connectivity index (χ0) is 22.6. The first kappa shape index (κ1) is 23.1. The van der Waals surface area contributed by atoms with Gasteiger partial charge in [-0.25, -0.2) is 0 Å². The van der Waals surface area contributed by atoms with E-state index in [4.69, 9.17) is 8.92 Å². The van der Waals surface area contributed by atoms with Crippen LogP contribution in [-0.2, 0) is 21.5 Å². The molecule has 0 aliphatic heterocycles. The van der Waals surface area contributed by atoms with Crippen LogP contribution in [-0.4, -0.2) is 32.9 Å². The molecule has 2 aromatic rings. The summed E-state index contributed by atoms with van der Waals surface area (Å²) >= 11 is 0. The van der Waals surface area contributed by atoms with Crippen LogP contribution in [0.2, 0.25) is 0 Å². The van der Waals surface area contributed by atoms with Crippen molar-refractivity contribution < 1.29 is 22.1 Å². The van der Waals surface area contributed by atoms with Crippen molar-refractivity contribution in [1.82, 2.24) is 4.90 Å². The number of hydrogen-bond donors (Lipinski definition) is 0. The number of ether oxygens (including phenoxy) is 1. The third kappa shape index (κ3) is 6.99. The van der Waals surface area contributed by atoms with E-state index in [2.05, 4.69) is 20.8 Å². The van der Waals surface area contributed by atoms with E-state index in [0.717, 1.165) is 12.1 Å². The van der Waals surface area contributed by atoms with Gasteiger partial charge in [0.05, 0.1) is 7.11 Å². The Morgan fingerprint density at radius 1 is 1.00 bits per heavy atom. The van der Waals surface area contributed by atoms with Crippen LogP contribution < -0.4 is 8.92 Å². The van der Waals surface area contributed by atoms with E-state index in [-0.39, 0.29) is 22.0 Å². The molecule has 0 radical (unpaired) electrons. The van der Waals surface area contributed by atoms with Crippen molar-refractivity contribution in [1.29, 1.82) is 0 Å². The van der Waals surface area contributed by atoms with Crippen LogP contribution in [0.15, 0.2) is 53.4 Å². The average molecular weight is 446 g/mol. The maximum Gasteiger partial charge on any atom is 0.339 e. The van der Waals surface area contributed by atoms with Gasteiger partial charge < -0.3 is 13.8 Å². The summed E-state index contributed by atoms with van der Waals surface area (Å²) in [6.45, 7) is 7.48. The standard InChI is InChI=1S/C24H31NO5S/c1-24(2,3)15-23(26)25(16-18-5-6-18)17-19-7-9-21(10-8-19)30-31(27,28)22-13-11-20(29-4)12-14-22/h7-14,18H,5-6,15-17H2,1-4H3. The predicted molar refractivity (Wildman–Crippen MR) is 119 cm³/mol. The number of rotatable bonds is 9. The summed E-state index contributed by atoms with van der Waals surface area (Å²) in [5.41, 5.74) is 0.879. The van der Waals surface area contributed by atoms with Gasteiger partial charge in [-0.2, -0.15) is 8.42 Å². The van der Waals surface area contributed by atoms with Gasteiger partial charge >= 0.3 is 10.1 Å². The van der Waals surface area contributed by atoms with Crippen LogP contribution in [0, 0.1) is 11.3 Å². The summed E-state index contributed by atoms with van der Waals surface area (Å²) in [7, 11) is -2.42. The molecule has 31 heavy (non-hydrogen) atoms. The van der Waals surface area contributed by atoms with Crippen molar-refractivity contribution in [3.8, 4) is 11.5 Å². The molecule has 1 aliphatic rings. The van der Waals surface area contributed by atoms with Gasteiger partial charge in [0.25, 0.3) is 0 Å². The number of hydrogen-bond acceptors (Lipinski definition) is 5. The number of methoxy groups -OCH3 is 1. The molecule has 0 heterocycles. The van der Waals surface area contributed by atoms with Crippen molar-refractivity contribution in [3.05, 3.63) is 54.1 Å². The zero-order valence-electron chi connectivity index (χ0n) is 18.6. The summed E-state index contributed by atoms with van der Waals surface area (Å²) in [6.07, 6.45) is 2.85.